The highest BCUT2D eigenvalue weighted by Gasteiger charge is 2.15. The number of methoxy groups -OCH3 is 1. The second kappa shape index (κ2) is 9.59. The van der Waals surface area contributed by atoms with Crippen molar-refractivity contribution in [2.45, 2.75) is 26.6 Å². The van der Waals surface area contributed by atoms with E-state index in [0.29, 0.717) is 19.6 Å². The number of guanidine groups is 1. The smallest absolute Gasteiger partial charge is 0.231 e. The van der Waals surface area contributed by atoms with Gasteiger partial charge < -0.3 is 29.0 Å². The fraction of sp³-hybridized carbons (Fsp3) is 0.348. The van der Waals surface area contributed by atoms with Crippen molar-refractivity contribution in [1.82, 2.24) is 25.0 Å². The van der Waals surface area contributed by atoms with Crippen molar-refractivity contribution in [3.8, 4) is 17.2 Å². The van der Waals surface area contributed by atoms with Crippen molar-refractivity contribution < 1.29 is 14.2 Å². The largest absolute Gasteiger partial charge is 0.497 e. The molecular formula is C23H28N6O3. The topological polar surface area (TPSA) is 86.0 Å². The van der Waals surface area contributed by atoms with Crippen LogP contribution in [0.3, 0.4) is 0 Å². The van der Waals surface area contributed by atoms with E-state index in [9.17, 15) is 0 Å². The minimum Gasteiger partial charge on any atom is -0.497 e. The van der Waals surface area contributed by atoms with Gasteiger partial charge in [-0.3, -0.25) is 0 Å². The predicted molar refractivity (Wildman–Crippen MR) is 121 cm³/mol. The summed E-state index contributed by atoms with van der Waals surface area (Å²) in [5.41, 5.74) is 2.20. The second-order valence-corrected chi connectivity index (χ2v) is 7.61. The number of ether oxygens (including phenoxy) is 3. The Hall–Kier alpha value is -3.75. The molecule has 1 aliphatic rings. The molecule has 1 N–H and O–H groups in total. The van der Waals surface area contributed by atoms with Gasteiger partial charge in [-0.1, -0.05) is 18.2 Å². The van der Waals surface area contributed by atoms with Crippen LogP contribution in [0.5, 0.6) is 17.2 Å². The van der Waals surface area contributed by atoms with Crippen molar-refractivity contribution in [2.24, 2.45) is 12.0 Å². The van der Waals surface area contributed by atoms with Gasteiger partial charge in [0.2, 0.25) is 6.79 Å². The summed E-state index contributed by atoms with van der Waals surface area (Å²) in [6, 6.07) is 13.9. The third-order valence-corrected chi connectivity index (χ3v) is 5.38. The minimum absolute atomic E-state index is 0.266. The molecule has 0 saturated heterocycles. The molecule has 0 unspecified atom stereocenters. The van der Waals surface area contributed by atoms with E-state index in [2.05, 4.69) is 20.4 Å². The molecule has 1 aliphatic heterocycles. The average molecular weight is 437 g/mol. The van der Waals surface area contributed by atoms with Crippen molar-refractivity contribution in [2.75, 3.05) is 21.0 Å². The third kappa shape index (κ3) is 4.93. The number of hydrogen-bond donors (Lipinski definition) is 1. The Kier molecular flexibility index (Phi) is 6.44. The van der Waals surface area contributed by atoms with Gasteiger partial charge in [-0.2, -0.15) is 0 Å². The van der Waals surface area contributed by atoms with Crippen molar-refractivity contribution in [1.29, 1.82) is 0 Å². The van der Waals surface area contributed by atoms with Gasteiger partial charge in [0.15, 0.2) is 23.3 Å². The number of aromatic nitrogens is 3. The van der Waals surface area contributed by atoms with Gasteiger partial charge in [0.1, 0.15) is 11.6 Å². The maximum atomic E-state index is 5.51. The fourth-order valence-electron chi connectivity index (χ4n) is 3.36. The van der Waals surface area contributed by atoms with Crippen molar-refractivity contribution in [3.63, 3.8) is 0 Å². The molecule has 3 aromatic rings. The molecule has 0 spiro atoms. The van der Waals surface area contributed by atoms with Crippen LogP contribution < -0.4 is 19.5 Å². The standard InChI is InChI=1S/C23H28N6O3/c1-16-26-27-22(29(16)3)13-25-23(24-12-17-5-8-19(30-4)9-6-17)28(2)14-18-7-10-20-21(11-18)32-15-31-20/h5-11H,12-15H2,1-4H3,(H,24,25). The zero-order valence-corrected chi connectivity index (χ0v) is 18.8. The molecular weight excluding hydrogens is 408 g/mol. The van der Waals surface area contributed by atoms with Crippen LogP contribution in [-0.4, -0.2) is 46.6 Å². The van der Waals surface area contributed by atoms with Crippen LogP contribution >= 0.6 is 0 Å². The Balaban J connectivity index is 1.50. The Bertz CT molecular complexity index is 1090. The molecule has 2 aromatic carbocycles. The zero-order valence-electron chi connectivity index (χ0n) is 18.8. The first-order valence-corrected chi connectivity index (χ1v) is 10.4. The molecule has 1 aromatic heterocycles. The Morgan fingerprint density at radius 1 is 1.12 bits per heavy atom. The predicted octanol–water partition coefficient (Wildman–Crippen LogP) is 2.64. The van der Waals surface area contributed by atoms with Crippen molar-refractivity contribution >= 4 is 5.96 Å². The van der Waals surface area contributed by atoms with Crippen LogP contribution in [0.4, 0.5) is 0 Å². The summed E-state index contributed by atoms with van der Waals surface area (Å²) in [5.74, 6) is 4.85. The van der Waals surface area contributed by atoms with Crippen LogP contribution in [0.25, 0.3) is 0 Å². The van der Waals surface area contributed by atoms with Crippen LogP contribution in [-0.2, 0) is 26.7 Å². The maximum Gasteiger partial charge on any atom is 0.231 e. The summed E-state index contributed by atoms with van der Waals surface area (Å²) in [5, 5.41) is 11.8. The number of benzene rings is 2. The normalized spacial score (nSPS) is 12.7. The molecule has 0 atom stereocenters. The van der Waals surface area contributed by atoms with Crippen LogP contribution in [0, 0.1) is 6.92 Å². The van der Waals surface area contributed by atoms with Crippen molar-refractivity contribution in [3.05, 3.63) is 65.2 Å². The molecule has 9 nitrogen and oxygen atoms in total. The van der Waals surface area contributed by atoms with E-state index in [-0.39, 0.29) is 6.79 Å². The first kappa shape index (κ1) is 21.5. The highest BCUT2D eigenvalue weighted by molar-refractivity contribution is 5.79. The SMILES string of the molecule is COc1ccc(CN=C(NCc2nnc(C)n2C)N(C)Cc2ccc3c(c2)OCO3)cc1. The van der Waals surface area contributed by atoms with Gasteiger partial charge in [-0.05, 0) is 42.3 Å². The highest BCUT2D eigenvalue weighted by atomic mass is 16.7. The van der Waals surface area contributed by atoms with Gasteiger partial charge in [-0.25, -0.2) is 4.99 Å². The molecule has 2 heterocycles. The van der Waals surface area contributed by atoms with E-state index in [1.165, 1.54) is 0 Å². The molecule has 9 heteroatoms. The summed E-state index contributed by atoms with van der Waals surface area (Å²) in [4.78, 5) is 6.92. The highest BCUT2D eigenvalue weighted by Crippen LogP contribution is 2.32. The average Bonchev–Trinajstić information content (AvgIpc) is 3.40. The number of fused-ring (bicyclic) bond motifs is 1. The maximum absolute atomic E-state index is 5.51. The quantitative estimate of drug-likeness (QED) is 0.450. The summed E-state index contributed by atoms with van der Waals surface area (Å²) in [6.45, 7) is 3.91. The lowest BCUT2D eigenvalue weighted by molar-refractivity contribution is 0.174. The van der Waals surface area contributed by atoms with E-state index in [1.807, 2.05) is 68.1 Å². The Morgan fingerprint density at radius 3 is 2.59 bits per heavy atom. The van der Waals surface area contributed by atoms with Gasteiger partial charge in [0, 0.05) is 20.6 Å². The summed E-state index contributed by atoms with van der Waals surface area (Å²) < 4.78 is 18.1. The first-order valence-electron chi connectivity index (χ1n) is 10.4. The number of hydrogen-bond acceptors (Lipinski definition) is 6. The number of nitrogens with one attached hydrogen (secondary N) is 1. The van der Waals surface area contributed by atoms with Gasteiger partial charge >= 0.3 is 0 Å². The summed E-state index contributed by atoms with van der Waals surface area (Å²) in [7, 11) is 5.62. The molecule has 0 amide bonds. The molecule has 0 radical (unpaired) electrons. The third-order valence-electron chi connectivity index (χ3n) is 5.38. The monoisotopic (exact) mass is 436 g/mol. The van der Waals surface area contributed by atoms with E-state index in [0.717, 1.165) is 46.0 Å². The molecule has 168 valence electrons. The van der Waals surface area contributed by atoms with Crippen LogP contribution in [0.1, 0.15) is 22.8 Å². The molecule has 0 aliphatic carbocycles. The van der Waals surface area contributed by atoms with Gasteiger partial charge in [-0.15, -0.1) is 10.2 Å². The van der Waals surface area contributed by atoms with E-state index >= 15 is 0 Å². The Labute approximate surface area is 187 Å². The zero-order chi connectivity index (χ0) is 22.5. The molecule has 0 bridgehead atoms. The lowest BCUT2D eigenvalue weighted by Crippen LogP contribution is -2.38. The number of aryl methyl sites for hydroxylation is 1. The Morgan fingerprint density at radius 2 is 1.88 bits per heavy atom. The van der Waals surface area contributed by atoms with E-state index in [1.54, 1.807) is 7.11 Å². The molecule has 4 rings (SSSR count). The van der Waals surface area contributed by atoms with Crippen LogP contribution in [0.2, 0.25) is 0 Å². The first-order chi connectivity index (χ1) is 15.5. The number of rotatable bonds is 7. The van der Waals surface area contributed by atoms with E-state index < -0.39 is 0 Å². The lowest BCUT2D eigenvalue weighted by atomic mass is 10.2. The number of aliphatic imine (C=N–C) groups is 1. The minimum atomic E-state index is 0.266. The second-order valence-electron chi connectivity index (χ2n) is 7.61. The van der Waals surface area contributed by atoms with Crippen LogP contribution in [0.15, 0.2) is 47.5 Å². The number of nitrogens with zero attached hydrogens (tertiary/aromatic N) is 5. The van der Waals surface area contributed by atoms with Gasteiger partial charge in [0.25, 0.3) is 0 Å². The summed E-state index contributed by atoms with van der Waals surface area (Å²) in [6.07, 6.45) is 0. The van der Waals surface area contributed by atoms with Gasteiger partial charge in [0.05, 0.1) is 20.2 Å². The molecule has 0 fully saturated rings. The summed E-state index contributed by atoms with van der Waals surface area (Å²) >= 11 is 0. The lowest BCUT2D eigenvalue weighted by Gasteiger charge is -2.23. The molecule has 0 saturated carbocycles. The fourth-order valence-corrected chi connectivity index (χ4v) is 3.36. The van der Waals surface area contributed by atoms with E-state index in [4.69, 9.17) is 19.2 Å². The molecule has 32 heavy (non-hydrogen) atoms.